The molecule has 3 fully saturated rings. The fraction of sp³-hybridized carbons (Fsp3) is 0.480. The van der Waals surface area contributed by atoms with E-state index in [1.807, 2.05) is 35.2 Å². The second kappa shape index (κ2) is 8.55. The molecular weight excluding hydrogens is 412 g/mol. The SMILES string of the molecule is O=C(C1CCOCC1)N1CC2(C1)[C@H](c1ccccc1)[C@@H](CO)N2Cc1ccc(Cl)cc1. The number of amides is 1. The molecule has 3 aliphatic heterocycles. The lowest BCUT2D eigenvalue weighted by molar-refractivity contribution is -0.203. The van der Waals surface area contributed by atoms with Crippen molar-refractivity contribution >= 4 is 17.5 Å². The molecule has 3 heterocycles. The number of hydrogen-bond acceptors (Lipinski definition) is 4. The van der Waals surface area contributed by atoms with Crippen LogP contribution < -0.4 is 0 Å². The average molecular weight is 441 g/mol. The van der Waals surface area contributed by atoms with Crippen molar-refractivity contribution in [1.82, 2.24) is 9.80 Å². The van der Waals surface area contributed by atoms with E-state index in [9.17, 15) is 9.90 Å². The third-order valence-corrected chi connectivity index (χ3v) is 7.61. The molecule has 6 heteroatoms. The monoisotopic (exact) mass is 440 g/mol. The summed E-state index contributed by atoms with van der Waals surface area (Å²) in [6, 6.07) is 18.4. The molecule has 1 spiro atoms. The number of benzene rings is 2. The first-order chi connectivity index (χ1) is 15.1. The molecular formula is C25H29ClN2O3. The highest BCUT2D eigenvalue weighted by atomic mass is 35.5. The van der Waals surface area contributed by atoms with E-state index >= 15 is 0 Å². The Morgan fingerprint density at radius 3 is 2.39 bits per heavy atom. The van der Waals surface area contributed by atoms with Gasteiger partial charge < -0.3 is 14.7 Å². The topological polar surface area (TPSA) is 53.0 Å². The third-order valence-electron chi connectivity index (χ3n) is 7.36. The third kappa shape index (κ3) is 3.68. The summed E-state index contributed by atoms with van der Waals surface area (Å²) in [4.78, 5) is 17.5. The molecule has 5 rings (SSSR count). The number of hydrogen-bond donors (Lipinski definition) is 1. The normalized spacial score (nSPS) is 25.8. The molecule has 1 amide bonds. The fourth-order valence-electron chi connectivity index (χ4n) is 5.77. The Labute approximate surface area is 188 Å². The molecule has 31 heavy (non-hydrogen) atoms. The Balaban J connectivity index is 1.39. The van der Waals surface area contributed by atoms with Crippen LogP contribution in [-0.4, -0.2) is 65.3 Å². The molecule has 0 saturated carbocycles. The van der Waals surface area contributed by atoms with Gasteiger partial charge in [0.05, 0.1) is 12.1 Å². The molecule has 2 aromatic rings. The van der Waals surface area contributed by atoms with Crippen molar-refractivity contribution in [3.05, 3.63) is 70.7 Å². The van der Waals surface area contributed by atoms with E-state index < -0.39 is 0 Å². The van der Waals surface area contributed by atoms with Gasteiger partial charge in [-0.1, -0.05) is 54.1 Å². The van der Waals surface area contributed by atoms with Crippen LogP contribution >= 0.6 is 11.6 Å². The summed E-state index contributed by atoms with van der Waals surface area (Å²) >= 11 is 6.07. The summed E-state index contributed by atoms with van der Waals surface area (Å²) < 4.78 is 5.43. The van der Waals surface area contributed by atoms with Crippen molar-refractivity contribution in [2.45, 2.75) is 36.9 Å². The van der Waals surface area contributed by atoms with E-state index in [4.69, 9.17) is 16.3 Å². The van der Waals surface area contributed by atoms with Crippen LogP contribution in [0.15, 0.2) is 54.6 Å². The summed E-state index contributed by atoms with van der Waals surface area (Å²) in [6.07, 6.45) is 1.64. The first kappa shape index (κ1) is 21.0. The average Bonchev–Trinajstić information content (AvgIpc) is 2.78. The molecule has 0 bridgehead atoms. The molecule has 2 aromatic carbocycles. The fourth-order valence-corrected chi connectivity index (χ4v) is 5.90. The van der Waals surface area contributed by atoms with Crippen LogP contribution in [0.4, 0.5) is 0 Å². The van der Waals surface area contributed by atoms with Crippen molar-refractivity contribution < 1.29 is 14.6 Å². The van der Waals surface area contributed by atoms with E-state index in [0.717, 1.165) is 24.4 Å². The van der Waals surface area contributed by atoms with Gasteiger partial charge in [0.25, 0.3) is 0 Å². The van der Waals surface area contributed by atoms with E-state index in [1.54, 1.807) is 0 Å². The lowest BCUT2D eigenvalue weighted by atomic mass is 9.60. The zero-order valence-corrected chi connectivity index (χ0v) is 18.4. The smallest absolute Gasteiger partial charge is 0.225 e. The number of nitrogens with zero attached hydrogens (tertiary/aromatic N) is 2. The predicted molar refractivity (Wildman–Crippen MR) is 120 cm³/mol. The molecule has 164 valence electrons. The summed E-state index contributed by atoms with van der Waals surface area (Å²) in [5.74, 6) is 0.559. The number of carbonyl (C=O) groups excluding carboxylic acids is 1. The maximum Gasteiger partial charge on any atom is 0.225 e. The highest BCUT2D eigenvalue weighted by Gasteiger charge is 2.66. The quantitative estimate of drug-likeness (QED) is 0.775. The van der Waals surface area contributed by atoms with Crippen LogP contribution in [0, 0.1) is 5.92 Å². The predicted octanol–water partition coefficient (Wildman–Crippen LogP) is 3.31. The van der Waals surface area contributed by atoms with Crippen LogP contribution in [-0.2, 0) is 16.1 Å². The zero-order chi connectivity index (χ0) is 21.4. The van der Waals surface area contributed by atoms with Gasteiger partial charge in [-0.25, -0.2) is 0 Å². The van der Waals surface area contributed by atoms with Crippen molar-refractivity contribution in [3.8, 4) is 0 Å². The molecule has 5 nitrogen and oxygen atoms in total. The van der Waals surface area contributed by atoms with E-state index in [-0.39, 0.29) is 35.9 Å². The van der Waals surface area contributed by atoms with E-state index in [2.05, 4.69) is 29.2 Å². The van der Waals surface area contributed by atoms with Crippen LogP contribution in [0.25, 0.3) is 0 Å². The molecule has 0 unspecified atom stereocenters. The summed E-state index contributed by atoms with van der Waals surface area (Å²) in [5.41, 5.74) is 2.28. The van der Waals surface area contributed by atoms with E-state index in [0.29, 0.717) is 26.3 Å². The second-order valence-electron chi connectivity index (χ2n) is 9.08. The number of carbonyl (C=O) groups is 1. The minimum atomic E-state index is -0.130. The Morgan fingerprint density at radius 2 is 1.74 bits per heavy atom. The maximum absolute atomic E-state index is 13.1. The Kier molecular flexibility index (Phi) is 5.78. The Morgan fingerprint density at radius 1 is 1.06 bits per heavy atom. The van der Waals surface area contributed by atoms with Gasteiger partial charge >= 0.3 is 0 Å². The van der Waals surface area contributed by atoms with Gasteiger partial charge in [-0.3, -0.25) is 9.69 Å². The lowest BCUT2D eigenvalue weighted by Crippen LogP contribution is -2.84. The van der Waals surface area contributed by atoms with Crippen molar-refractivity contribution in [2.75, 3.05) is 32.9 Å². The Hall–Kier alpha value is -1.92. The minimum Gasteiger partial charge on any atom is -0.395 e. The van der Waals surface area contributed by atoms with Crippen LogP contribution in [0.1, 0.15) is 29.9 Å². The summed E-state index contributed by atoms with van der Waals surface area (Å²) in [5, 5.41) is 11.0. The van der Waals surface area contributed by atoms with Crippen LogP contribution in [0.3, 0.4) is 0 Å². The van der Waals surface area contributed by atoms with Gasteiger partial charge in [0.2, 0.25) is 5.91 Å². The molecule has 2 atom stereocenters. The summed E-state index contributed by atoms with van der Waals surface area (Å²) in [6.45, 7) is 3.63. The highest BCUT2D eigenvalue weighted by Crippen LogP contribution is 2.54. The lowest BCUT2D eigenvalue weighted by Gasteiger charge is -2.71. The van der Waals surface area contributed by atoms with Gasteiger partial charge in [-0.05, 0) is 36.1 Å². The molecule has 0 radical (unpaired) electrons. The highest BCUT2D eigenvalue weighted by molar-refractivity contribution is 6.30. The number of halogens is 1. The Bertz CT molecular complexity index is 908. The number of aliphatic hydroxyl groups excluding tert-OH is 1. The standard InChI is InChI=1S/C25H29ClN2O3/c26-21-8-6-18(7-9-21)14-28-22(15-29)23(19-4-2-1-3-5-19)25(28)16-27(17-25)24(30)20-10-12-31-13-11-20/h1-9,20,22-23,29H,10-17H2/t22-,23-/m1/s1. The number of rotatable bonds is 5. The maximum atomic E-state index is 13.1. The van der Waals surface area contributed by atoms with E-state index in [1.165, 1.54) is 11.1 Å². The van der Waals surface area contributed by atoms with Gasteiger partial charge in [0.1, 0.15) is 0 Å². The first-order valence-electron chi connectivity index (χ1n) is 11.2. The number of likely N-dealkylation sites (tertiary alicyclic amines) is 2. The molecule has 0 aromatic heterocycles. The molecule has 3 saturated heterocycles. The van der Waals surface area contributed by atoms with Gasteiger partial charge in [-0.2, -0.15) is 0 Å². The number of ether oxygens (including phenoxy) is 1. The van der Waals surface area contributed by atoms with Crippen molar-refractivity contribution in [3.63, 3.8) is 0 Å². The first-order valence-corrected chi connectivity index (χ1v) is 11.5. The molecule has 3 aliphatic rings. The van der Waals surface area contributed by atoms with Crippen molar-refractivity contribution in [1.29, 1.82) is 0 Å². The zero-order valence-electron chi connectivity index (χ0n) is 17.6. The van der Waals surface area contributed by atoms with Crippen molar-refractivity contribution in [2.24, 2.45) is 5.92 Å². The van der Waals surface area contributed by atoms with Gasteiger partial charge in [-0.15, -0.1) is 0 Å². The van der Waals surface area contributed by atoms with Gasteiger partial charge in [0, 0.05) is 55.7 Å². The molecule has 0 aliphatic carbocycles. The second-order valence-corrected chi connectivity index (χ2v) is 9.51. The molecule has 1 N–H and O–H groups in total. The van der Waals surface area contributed by atoms with Gasteiger partial charge in [0.15, 0.2) is 0 Å². The number of aliphatic hydroxyl groups is 1. The minimum absolute atomic E-state index is 0.0402. The van der Waals surface area contributed by atoms with Crippen LogP contribution in [0.2, 0.25) is 5.02 Å². The largest absolute Gasteiger partial charge is 0.395 e. The van der Waals surface area contributed by atoms with Crippen LogP contribution in [0.5, 0.6) is 0 Å². The summed E-state index contributed by atoms with van der Waals surface area (Å²) in [7, 11) is 0.